The van der Waals surface area contributed by atoms with E-state index in [-0.39, 0.29) is 86.0 Å². The van der Waals surface area contributed by atoms with Crippen molar-refractivity contribution in [1.82, 2.24) is 9.80 Å². The number of rotatable bonds is 22. The maximum atomic E-state index is 14.1. The van der Waals surface area contributed by atoms with E-state index in [9.17, 15) is 49.5 Å². The molecule has 380 valence electrons. The highest BCUT2D eigenvalue weighted by Gasteiger charge is 2.49. The Hall–Kier alpha value is -6.09. The van der Waals surface area contributed by atoms with Gasteiger partial charge in [-0.15, -0.1) is 0 Å². The maximum Gasteiger partial charge on any atom is 0.326 e. The Bertz CT molecular complexity index is 2490. The van der Waals surface area contributed by atoms with E-state index in [0.717, 1.165) is 31.3 Å². The molecule has 0 fully saturated rings. The summed E-state index contributed by atoms with van der Waals surface area (Å²) >= 11 is 0. The Morgan fingerprint density at radius 3 is 1.80 bits per heavy atom. The van der Waals surface area contributed by atoms with E-state index >= 15 is 0 Å². The van der Waals surface area contributed by atoms with E-state index in [2.05, 4.69) is 45.1 Å². The molecule has 0 radical (unpaired) electrons. The predicted molar refractivity (Wildman–Crippen MR) is 263 cm³/mol. The van der Waals surface area contributed by atoms with E-state index in [1.807, 2.05) is 27.7 Å². The van der Waals surface area contributed by atoms with E-state index in [1.165, 1.54) is 33.8 Å². The number of amides is 2. The van der Waals surface area contributed by atoms with E-state index in [4.69, 9.17) is 14.2 Å². The number of carbonyl (C=O) groups excluding carboxylic acids is 3. The molecule has 0 saturated carbocycles. The molecule has 15 nitrogen and oxygen atoms in total. The molecule has 0 aliphatic carbocycles. The van der Waals surface area contributed by atoms with Crippen LogP contribution in [0.4, 0.5) is 0 Å². The molecule has 4 heterocycles. The number of aromatic hydroxyl groups is 2. The van der Waals surface area contributed by atoms with Gasteiger partial charge < -0.3 is 49.5 Å². The predicted octanol–water partition coefficient (Wildman–Crippen LogP) is 9.41. The summed E-state index contributed by atoms with van der Waals surface area (Å²) < 4.78 is 19.1. The topological polar surface area (TPSA) is 221 Å². The Balaban J connectivity index is 1.15. The number of carboxylic acid groups (broad SMARTS) is 2. The van der Waals surface area contributed by atoms with Crippen molar-refractivity contribution >= 4 is 29.7 Å². The first-order valence-corrected chi connectivity index (χ1v) is 24.7. The number of carboxylic acids is 2. The Labute approximate surface area is 411 Å². The number of phenols is 2. The highest BCUT2D eigenvalue weighted by Crippen LogP contribution is 2.49. The first-order valence-electron chi connectivity index (χ1n) is 24.7. The zero-order valence-electron chi connectivity index (χ0n) is 42.1. The molecule has 0 saturated heterocycles. The lowest BCUT2D eigenvalue weighted by Crippen LogP contribution is -2.51. The van der Waals surface area contributed by atoms with Crippen LogP contribution in [-0.2, 0) is 45.1 Å². The van der Waals surface area contributed by atoms with Gasteiger partial charge in [0.1, 0.15) is 46.3 Å². The summed E-state index contributed by atoms with van der Waals surface area (Å²) in [5.74, 6) is -3.88. The molecule has 2 aromatic rings. The lowest BCUT2D eigenvalue weighted by molar-refractivity contribution is -0.165. The summed E-state index contributed by atoms with van der Waals surface area (Å²) in [5.41, 5.74) is 4.86. The minimum Gasteiger partial charge on any atom is -0.508 e. The average Bonchev–Trinajstić information content (AvgIpc) is 3.76. The van der Waals surface area contributed by atoms with Crippen LogP contribution < -0.4 is 9.47 Å². The minimum absolute atomic E-state index is 0.00978. The van der Waals surface area contributed by atoms with Gasteiger partial charge in [0.2, 0.25) is 0 Å². The number of carbonyl (C=O) groups is 5. The molecule has 15 heteroatoms. The van der Waals surface area contributed by atoms with Crippen LogP contribution in [0.5, 0.6) is 23.0 Å². The molecule has 0 unspecified atom stereocenters. The molecule has 5 atom stereocenters. The molecule has 0 spiro atoms. The van der Waals surface area contributed by atoms with Crippen molar-refractivity contribution < 1.29 is 63.7 Å². The second-order valence-corrected chi connectivity index (χ2v) is 20.6. The average molecular weight is 969 g/mol. The molecule has 0 aromatic heterocycles. The number of hydrogen-bond acceptors (Lipinski definition) is 11. The molecular weight excluding hydrogens is 897 g/mol. The number of esters is 1. The van der Waals surface area contributed by atoms with Crippen LogP contribution in [0.3, 0.4) is 0 Å². The van der Waals surface area contributed by atoms with Crippen molar-refractivity contribution in [2.75, 3.05) is 6.54 Å². The third-order valence-corrected chi connectivity index (χ3v) is 14.3. The number of aliphatic hydroxyl groups is 1. The molecule has 2 amide bonds. The summed E-state index contributed by atoms with van der Waals surface area (Å²) in [5, 5.41) is 53.5. The lowest BCUT2D eigenvalue weighted by atomic mass is 9.83. The van der Waals surface area contributed by atoms with E-state index in [1.54, 1.807) is 11.8 Å². The first-order chi connectivity index (χ1) is 33.0. The van der Waals surface area contributed by atoms with Crippen molar-refractivity contribution in [3.8, 4) is 23.0 Å². The fourth-order valence-corrected chi connectivity index (χ4v) is 9.97. The quantitative estimate of drug-likeness (QED) is 0.0549. The van der Waals surface area contributed by atoms with Gasteiger partial charge >= 0.3 is 17.9 Å². The summed E-state index contributed by atoms with van der Waals surface area (Å²) in [7, 11) is 0. The molecule has 5 N–H and O–H groups in total. The van der Waals surface area contributed by atoms with E-state index < -0.39 is 59.7 Å². The van der Waals surface area contributed by atoms with Gasteiger partial charge in [-0.05, 0) is 132 Å². The standard InChI is InChI=1S/C55H72N2O13/c1-32(2)14-9-16-34(5)18-11-23-54(7)45(60)28-38-43(58)26-36-40(49(38)69-54)30-56(51(36)64)25-13-20-42(53(66)67)57-31-41-37(52(57)65)27-44(59)39-29-46(68-48(63)22-21-47(61)62)55(8,70-50(39)41)24-12-19-35(6)17-10-15-33(3)4/h14-15,18-19,26-27,42,45-46,58-60H,9-13,16-17,20-25,28-31H2,1-8H3,(H,61,62)(H,66,67)/b34-18+,35-19+/t42-,45-,46-,54+,55+/m0/s1. The number of hydrogen-bond donors (Lipinski definition) is 5. The fourth-order valence-electron chi connectivity index (χ4n) is 9.97. The molecule has 4 aliphatic heterocycles. The van der Waals surface area contributed by atoms with Gasteiger partial charge in [-0.25, -0.2) is 4.79 Å². The molecule has 6 rings (SSSR count). The number of nitrogens with zero attached hydrogens (tertiary/aromatic N) is 2. The number of allylic oxidation sites excluding steroid dienone is 8. The highest BCUT2D eigenvalue weighted by atomic mass is 16.6. The summed E-state index contributed by atoms with van der Waals surface area (Å²) in [6.07, 6.45) is 12.1. The van der Waals surface area contributed by atoms with Gasteiger partial charge in [0.15, 0.2) is 0 Å². The van der Waals surface area contributed by atoms with Gasteiger partial charge in [0.25, 0.3) is 11.8 Å². The molecule has 70 heavy (non-hydrogen) atoms. The number of phenolic OH excluding ortho intramolecular Hbond substituents is 2. The maximum absolute atomic E-state index is 14.1. The number of aliphatic carboxylic acids is 2. The van der Waals surface area contributed by atoms with Crippen LogP contribution in [0, 0.1) is 0 Å². The first kappa shape index (κ1) is 53.3. The molecular formula is C55H72N2O13. The van der Waals surface area contributed by atoms with Crippen LogP contribution in [0.1, 0.15) is 175 Å². The van der Waals surface area contributed by atoms with Crippen LogP contribution in [-0.4, -0.2) is 101 Å². The number of ether oxygens (including phenoxy) is 3. The smallest absolute Gasteiger partial charge is 0.326 e. The van der Waals surface area contributed by atoms with Gasteiger partial charge in [0.05, 0.1) is 43.2 Å². The van der Waals surface area contributed by atoms with E-state index in [0.29, 0.717) is 53.7 Å². The SMILES string of the molecule is CC(C)=CCC/C(C)=C/CC[C@@]1(C)Oc2c(c(O)cc3c2CN([C@@H](CCCN2Cc4c(cc(O)c5c4O[C@](C)(CC/C=C(\C)CCC=C(C)C)[C@@H](O)C5)C2=O)C(=O)O)C3=O)C[C@@H]1OC(=O)CCC(=O)O. The van der Waals surface area contributed by atoms with Gasteiger partial charge in [-0.3, -0.25) is 19.2 Å². The van der Waals surface area contributed by atoms with Gasteiger partial charge in [-0.1, -0.05) is 46.6 Å². The fraction of sp³-hybridized carbons (Fsp3) is 0.545. The number of fused-ring (bicyclic) bond motifs is 6. The van der Waals surface area contributed by atoms with Gasteiger partial charge in [0, 0.05) is 41.6 Å². The monoisotopic (exact) mass is 969 g/mol. The van der Waals surface area contributed by atoms with Crippen molar-refractivity contribution in [2.24, 2.45) is 0 Å². The van der Waals surface area contributed by atoms with Crippen LogP contribution in [0.2, 0.25) is 0 Å². The van der Waals surface area contributed by atoms with Crippen molar-refractivity contribution in [3.63, 3.8) is 0 Å². The second-order valence-electron chi connectivity index (χ2n) is 20.6. The Morgan fingerprint density at radius 2 is 1.24 bits per heavy atom. The third kappa shape index (κ3) is 12.3. The molecule has 0 bridgehead atoms. The van der Waals surface area contributed by atoms with Crippen molar-refractivity contribution in [2.45, 2.75) is 188 Å². The third-order valence-electron chi connectivity index (χ3n) is 14.3. The zero-order valence-corrected chi connectivity index (χ0v) is 42.1. The minimum atomic E-state index is -1.30. The highest BCUT2D eigenvalue weighted by molar-refractivity contribution is 6.02. The van der Waals surface area contributed by atoms with Gasteiger partial charge in [-0.2, -0.15) is 0 Å². The lowest BCUT2D eigenvalue weighted by Gasteiger charge is -2.42. The summed E-state index contributed by atoms with van der Waals surface area (Å²) in [6, 6.07) is 1.40. The molecule has 4 aliphatic rings. The zero-order chi connectivity index (χ0) is 51.2. The number of aliphatic hydroxyl groups excluding tert-OH is 1. The van der Waals surface area contributed by atoms with Crippen molar-refractivity contribution in [1.29, 1.82) is 0 Å². The van der Waals surface area contributed by atoms with Crippen LogP contribution >= 0.6 is 0 Å². The summed E-state index contributed by atoms with van der Waals surface area (Å²) in [4.78, 5) is 67.9. The Morgan fingerprint density at radius 1 is 0.714 bits per heavy atom. The van der Waals surface area contributed by atoms with Crippen molar-refractivity contribution in [3.05, 3.63) is 92.1 Å². The van der Waals surface area contributed by atoms with Crippen LogP contribution in [0.25, 0.3) is 0 Å². The Kier molecular flexibility index (Phi) is 17.0. The molecule has 2 aromatic carbocycles. The largest absolute Gasteiger partial charge is 0.508 e. The van der Waals surface area contributed by atoms with Crippen LogP contribution in [0.15, 0.2) is 58.7 Å². The summed E-state index contributed by atoms with van der Waals surface area (Å²) in [6.45, 7) is 16.2. The normalized spacial score (nSPS) is 22.0. The second kappa shape index (κ2) is 22.3. The number of benzene rings is 2.